The predicted molar refractivity (Wildman–Crippen MR) is 88.5 cm³/mol. The minimum Gasteiger partial charge on any atom is -0.373 e. The molecule has 1 atom stereocenters. The molecule has 1 unspecified atom stereocenters. The van der Waals surface area contributed by atoms with Crippen LogP contribution in [0.5, 0.6) is 0 Å². The van der Waals surface area contributed by atoms with Crippen molar-refractivity contribution in [2.24, 2.45) is 5.92 Å². The molecule has 2 rings (SSSR count). The van der Waals surface area contributed by atoms with E-state index in [9.17, 15) is 0 Å². The highest BCUT2D eigenvalue weighted by Gasteiger charge is 2.25. The fourth-order valence-electron chi connectivity index (χ4n) is 3.39. The molecule has 0 spiro atoms. The van der Waals surface area contributed by atoms with Gasteiger partial charge in [0.05, 0.1) is 0 Å². The normalized spacial score (nSPS) is 17.4. The van der Waals surface area contributed by atoms with Crippen molar-refractivity contribution in [3.63, 3.8) is 0 Å². The van der Waals surface area contributed by atoms with Crippen LogP contribution >= 0.6 is 0 Å². The lowest BCUT2D eigenvalue weighted by Gasteiger charge is -2.30. The molecule has 0 aliphatic heterocycles. The van der Waals surface area contributed by atoms with Gasteiger partial charge in [0, 0.05) is 25.3 Å². The monoisotopic (exact) mass is 274 g/mol. The molecule has 1 aromatic carbocycles. The Labute approximate surface area is 124 Å². The van der Waals surface area contributed by atoms with Gasteiger partial charge in [0.15, 0.2) is 0 Å². The predicted octanol–water partition coefficient (Wildman–Crippen LogP) is 3.85. The lowest BCUT2D eigenvalue weighted by Crippen LogP contribution is -2.44. The maximum absolute atomic E-state index is 3.71. The SMILES string of the molecule is CCNC(CN(C)c1ccc(CC)cc1)C1CCCC1. The number of nitrogens with zero attached hydrogens (tertiary/aromatic N) is 1. The van der Waals surface area contributed by atoms with E-state index in [0.717, 1.165) is 25.4 Å². The van der Waals surface area contributed by atoms with Crippen LogP contribution in [0.1, 0.15) is 45.1 Å². The van der Waals surface area contributed by atoms with Crippen molar-refractivity contribution < 1.29 is 0 Å². The van der Waals surface area contributed by atoms with Crippen molar-refractivity contribution in [3.8, 4) is 0 Å². The van der Waals surface area contributed by atoms with Gasteiger partial charge in [-0.05, 0) is 49.4 Å². The van der Waals surface area contributed by atoms with E-state index in [2.05, 4.69) is 55.4 Å². The first-order chi connectivity index (χ1) is 9.74. The van der Waals surface area contributed by atoms with E-state index in [-0.39, 0.29) is 0 Å². The van der Waals surface area contributed by atoms with Crippen molar-refractivity contribution in [1.29, 1.82) is 0 Å². The van der Waals surface area contributed by atoms with Gasteiger partial charge in [-0.3, -0.25) is 0 Å². The van der Waals surface area contributed by atoms with Crippen LogP contribution in [-0.2, 0) is 6.42 Å². The molecule has 0 bridgehead atoms. The average Bonchev–Trinajstić information content (AvgIpc) is 3.01. The van der Waals surface area contributed by atoms with E-state index >= 15 is 0 Å². The van der Waals surface area contributed by atoms with Crippen LogP contribution < -0.4 is 10.2 Å². The van der Waals surface area contributed by atoms with Crippen LogP contribution in [0.3, 0.4) is 0 Å². The number of rotatable bonds is 7. The standard InChI is InChI=1S/C18H30N2/c1-4-15-10-12-17(13-11-15)20(3)14-18(19-5-2)16-8-6-7-9-16/h10-13,16,18-19H,4-9,14H2,1-3H3. The summed E-state index contributed by atoms with van der Waals surface area (Å²) >= 11 is 0. The molecular formula is C18H30N2. The van der Waals surface area contributed by atoms with Crippen molar-refractivity contribution in [3.05, 3.63) is 29.8 Å². The van der Waals surface area contributed by atoms with E-state index in [1.807, 2.05) is 0 Å². The molecule has 112 valence electrons. The zero-order valence-electron chi connectivity index (χ0n) is 13.4. The van der Waals surface area contributed by atoms with E-state index in [4.69, 9.17) is 0 Å². The van der Waals surface area contributed by atoms with Gasteiger partial charge in [-0.1, -0.05) is 38.8 Å². The smallest absolute Gasteiger partial charge is 0.0364 e. The lowest BCUT2D eigenvalue weighted by atomic mass is 9.97. The van der Waals surface area contributed by atoms with Crippen molar-refractivity contribution in [2.75, 3.05) is 25.0 Å². The molecule has 0 heterocycles. The molecule has 20 heavy (non-hydrogen) atoms. The zero-order valence-corrected chi connectivity index (χ0v) is 13.4. The van der Waals surface area contributed by atoms with Crippen LogP contribution in [0.2, 0.25) is 0 Å². The highest BCUT2D eigenvalue weighted by Crippen LogP contribution is 2.28. The molecule has 1 aliphatic carbocycles. The molecule has 2 heteroatoms. The number of aryl methyl sites for hydroxylation is 1. The summed E-state index contributed by atoms with van der Waals surface area (Å²) in [5.74, 6) is 0.868. The first-order valence-electron chi connectivity index (χ1n) is 8.28. The topological polar surface area (TPSA) is 15.3 Å². The quantitative estimate of drug-likeness (QED) is 0.812. The molecule has 1 aromatic rings. The van der Waals surface area contributed by atoms with E-state index in [0.29, 0.717) is 6.04 Å². The van der Waals surface area contributed by atoms with Crippen molar-refractivity contribution >= 4 is 5.69 Å². The number of anilines is 1. The summed E-state index contributed by atoms with van der Waals surface area (Å²) in [6, 6.07) is 9.67. The highest BCUT2D eigenvalue weighted by atomic mass is 15.1. The summed E-state index contributed by atoms with van der Waals surface area (Å²) in [7, 11) is 2.22. The van der Waals surface area contributed by atoms with Gasteiger partial charge in [-0.15, -0.1) is 0 Å². The first-order valence-corrected chi connectivity index (χ1v) is 8.28. The summed E-state index contributed by atoms with van der Waals surface area (Å²) in [6.07, 6.45) is 6.76. The second-order valence-corrected chi connectivity index (χ2v) is 6.11. The number of hydrogen-bond donors (Lipinski definition) is 1. The summed E-state index contributed by atoms with van der Waals surface area (Å²) < 4.78 is 0. The molecule has 1 fully saturated rings. The molecule has 1 saturated carbocycles. The van der Waals surface area contributed by atoms with Crippen molar-refractivity contribution in [2.45, 2.75) is 52.0 Å². The van der Waals surface area contributed by atoms with Gasteiger partial charge in [0.25, 0.3) is 0 Å². The highest BCUT2D eigenvalue weighted by molar-refractivity contribution is 5.47. The molecule has 1 N–H and O–H groups in total. The second-order valence-electron chi connectivity index (χ2n) is 6.11. The number of nitrogens with one attached hydrogen (secondary N) is 1. The van der Waals surface area contributed by atoms with Crippen LogP contribution in [0.4, 0.5) is 5.69 Å². The Morgan fingerprint density at radius 1 is 1.15 bits per heavy atom. The minimum absolute atomic E-state index is 0.637. The zero-order chi connectivity index (χ0) is 14.4. The summed E-state index contributed by atoms with van der Waals surface area (Å²) in [5.41, 5.74) is 2.75. The summed E-state index contributed by atoms with van der Waals surface area (Å²) in [6.45, 7) is 6.62. The van der Waals surface area contributed by atoms with E-state index in [1.54, 1.807) is 0 Å². The Balaban J connectivity index is 1.97. The Morgan fingerprint density at radius 2 is 1.80 bits per heavy atom. The molecule has 1 aliphatic rings. The molecule has 0 amide bonds. The first kappa shape index (κ1) is 15.4. The molecule has 0 saturated heterocycles. The van der Waals surface area contributed by atoms with Crippen molar-refractivity contribution in [1.82, 2.24) is 5.32 Å². The lowest BCUT2D eigenvalue weighted by molar-refractivity contribution is 0.367. The maximum atomic E-state index is 3.71. The van der Waals surface area contributed by atoms with Gasteiger partial charge < -0.3 is 10.2 Å². The Kier molecular flexibility index (Phi) is 5.90. The third-order valence-corrected chi connectivity index (χ3v) is 4.69. The second kappa shape index (κ2) is 7.68. The molecular weight excluding hydrogens is 244 g/mol. The van der Waals surface area contributed by atoms with Crippen LogP contribution in [0.25, 0.3) is 0 Å². The van der Waals surface area contributed by atoms with Gasteiger partial charge in [0.2, 0.25) is 0 Å². The van der Waals surface area contributed by atoms with Gasteiger partial charge >= 0.3 is 0 Å². The third kappa shape index (κ3) is 3.99. The maximum Gasteiger partial charge on any atom is 0.0364 e. The summed E-state index contributed by atoms with van der Waals surface area (Å²) in [4.78, 5) is 2.41. The van der Waals surface area contributed by atoms with Gasteiger partial charge in [-0.25, -0.2) is 0 Å². The Hall–Kier alpha value is -1.02. The molecule has 2 nitrogen and oxygen atoms in total. The number of likely N-dealkylation sites (N-methyl/N-ethyl adjacent to an activating group) is 2. The van der Waals surface area contributed by atoms with Gasteiger partial charge in [-0.2, -0.15) is 0 Å². The van der Waals surface area contributed by atoms with E-state index in [1.165, 1.54) is 36.9 Å². The number of benzene rings is 1. The van der Waals surface area contributed by atoms with Crippen LogP contribution in [-0.4, -0.2) is 26.2 Å². The fourth-order valence-corrected chi connectivity index (χ4v) is 3.39. The fraction of sp³-hybridized carbons (Fsp3) is 0.667. The third-order valence-electron chi connectivity index (χ3n) is 4.69. The minimum atomic E-state index is 0.637. The molecule has 0 radical (unpaired) electrons. The largest absolute Gasteiger partial charge is 0.373 e. The Bertz CT molecular complexity index is 379. The van der Waals surface area contributed by atoms with Crippen LogP contribution in [0, 0.1) is 5.92 Å². The van der Waals surface area contributed by atoms with Crippen LogP contribution in [0.15, 0.2) is 24.3 Å². The number of hydrogen-bond acceptors (Lipinski definition) is 2. The average molecular weight is 274 g/mol. The molecule has 0 aromatic heterocycles. The summed E-state index contributed by atoms with van der Waals surface area (Å²) in [5, 5.41) is 3.71. The van der Waals surface area contributed by atoms with Gasteiger partial charge in [0.1, 0.15) is 0 Å². The Morgan fingerprint density at radius 3 is 2.35 bits per heavy atom. The van der Waals surface area contributed by atoms with E-state index < -0.39 is 0 Å².